The Morgan fingerprint density at radius 1 is 0.962 bits per heavy atom. The van der Waals surface area contributed by atoms with Gasteiger partial charge in [-0.2, -0.15) is 0 Å². The Kier molecular flexibility index (Phi) is 6.61. The molecule has 0 aliphatic rings. The van der Waals surface area contributed by atoms with Crippen molar-refractivity contribution in [2.24, 2.45) is 0 Å². The number of nitrogens with two attached hydrogens (primary N) is 2. The molecule has 0 aromatic heterocycles. The van der Waals surface area contributed by atoms with Crippen LogP contribution in [-0.2, 0) is 14.3 Å². The van der Waals surface area contributed by atoms with Gasteiger partial charge < -0.3 is 25.7 Å². The van der Waals surface area contributed by atoms with Crippen LogP contribution in [0.15, 0.2) is 48.5 Å². The van der Waals surface area contributed by atoms with Gasteiger partial charge in [0.1, 0.15) is 19.0 Å². The lowest BCUT2D eigenvalue weighted by molar-refractivity contribution is -0.138. The van der Waals surface area contributed by atoms with Crippen molar-refractivity contribution in [2.75, 3.05) is 31.8 Å². The van der Waals surface area contributed by atoms with Crippen LogP contribution in [-0.4, -0.2) is 32.3 Å². The van der Waals surface area contributed by atoms with Crippen molar-refractivity contribution in [3.8, 4) is 5.75 Å². The number of ether oxygens (including phenoxy) is 3. The quantitative estimate of drug-likeness (QED) is 0.338. The largest absolute Gasteiger partial charge is 0.497 e. The van der Waals surface area contributed by atoms with Crippen LogP contribution in [0, 0.1) is 0 Å². The van der Waals surface area contributed by atoms with Gasteiger partial charge in [0, 0.05) is 17.5 Å². The first-order valence-electron chi connectivity index (χ1n) is 7.80. The van der Waals surface area contributed by atoms with Gasteiger partial charge in [0.15, 0.2) is 0 Å². The maximum atomic E-state index is 11.9. The number of rotatable bonds is 7. The number of anilines is 2. The Morgan fingerprint density at radius 2 is 1.58 bits per heavy atom. The third-order valence-electron chi connectivity index (χ3n) is 3.30. The molecule has 2 aromatic rings. The third kappa shape index (κ3) is 5.86. The second kappa shape index (κ2) is 9.12. The molecule has 0 saturated heterocycles. The minimum Gasteiger partial charge on any atom is -0.497 e. The van der Waals surface area contributed by atoms with E-state index < -0.39 is 11.9 Å². The highest BCUT2D eigenvalue weighted by Gasteiger charge is 2.09. The van der Waals surface area contributed by atoms with E-state index in [4.69, 9.17) is 25.7 Å². The van der Waals surface area contributed by atoms with Crippen LogP contribution in [0.25, 0.3) is 6.08 Å². The van der Waals surface area contributed by atoms with E-state index in [1.807, 2.05) is 12.1 Å². The highest BCUT2D eigenvalue weighted by molar-refractivity contribution is 5.91. The van der Waals surface area contributed by atoms with Crippen molar-refractivity contribution in [3.05, 3.63) is 59.7 Å². The standard InChI is InChI=1S/C19H20N2O5/c1-24-17-5-2-13(3-6-17)4-7-18(22)25-8-9-26-19(23)14-10-15(20)12-16(21)11-14/h2-7,10-12H,8-9,20-21H2,1H3/b7-4+. The van der Waals surface area contributed by atoms with Crippen LogP contribution in [0.2, 0.25) is 0 Å². The van der Waals surface area contributed by atoms with E-state index >= 15 is 0 Å². The fourth-order valence-electron chi connectivity index (χ4n) is 2.08. The SMILES string of the molecule is COc1ccc(/C=C/C(=O)OCCOC(=O)c2cc(N)cc(N)c2)cc1. The number of carbonyl (C=O) groups is 2. The van der Waals surface area contributed by atoms with E-state index in [9.17, 15) is 9.59 Å². The molecule has 0 atom stereocenters. The summed E-state index contributed by atoms with van der Waals surface area (Å²) in [5.41, 5.74) is 13.0. The lowest BCUT2D eigenvalue weighted by Gasteiger charge is -2.06. The molecule has 0 spiro atoms. The van der Waals surface area contributed by atoms with Crippen LogP contribution >= 0.6 is 0 Å². The smallest absolute Gasteiger partial charge is 0.338 e. The molecule has 136 valence electrons. The zero-order valence-corrected chi connectivity index (χ0v) is 14.3. The first-order chi connectivity index (χ1) is 12.5. The van der Waals surface area contributed by atoms with Gasteiger partial charge >= 0.3 is 11.9 Å². The number of nitrogen functional groups attached to an aromatic ring is 2. The van der Waals surface area contributed by atoms with Crippen LogP contribution in [0.5, 0.6) is 5.75 Å². The van der Waals surface area contributed by atoms with Gasteiger partial charge in [-0.05, 0) is 42.0 Å². The van der Waals surface area contributed by atoms with Crippen LogP contribution in [0.3, 0.4) is 0 Å². The topological polar surface area (TPSA) is 114 Å². The van der Waals surface area contributed by atoms with Crippen LogP contribution in [0.4, 0.5) is 11.4 Å². The Morgan fingerprint density at radius 3 is 2.19 bits per heavy atom. The fourth-order valence-corrected chi connectivity index (χ4v) is 2.08. The summed E-state index contributed by atoms with van der Waals surface area (Å²) in [4.78, 5) is 23.5. The fraction of sp³-hybridized carbons (Fsp3) is 0.158. The predicted octanol–water partition coefficient (Wildman–Crippen LogP) is 2.27. The summed E-state index contributed by atoms with van der Waals surface area (Å²) in [6.45, 7) is -0.134. The van der Waals surface area contributed by atoms with E-state index in [-0.39, 0.29) is 18.8 Å². The predicted molar refractivity (Wildman–Crippen MR) is 98.5 cm³/mol. The molecule has 0 radical (unpaired) electrons. The highest BCUT2D eigenvalue weighted by Crippen LogP contribution is 2.14. The van der Waals surface area contributed by atoms with Gasteiger partial charge in [0.2, 0.25) is 0 Å². The summed E-state index contributed by atoms with van der Waals surface area (Å²) in [5, 5.41) is 0. The van der Waals surface area contributed by atoms with Crippen molar-refractivity contribution < 1.29 is 23.8 Å². The number of hydrogen-bond acceptors (Lipinski definition) is 7. The summed E-state index contributed by atoms with van der Waals surface area (Å²) in [6.07, 6.45) is 2.91. The van der Waals surface area contributed by atoms with Crippen LogP contribution < -0.4 is 16.2 Å². The van der Waals surface area contributed by atoms with Crippen molar-refractivity contribution in [2.45, 2.75) is 0 Å². The Labute approximate surface area is 151 Å². The Bertz CT molecular complexity index is 780. The zero-order chi connectivity index (χ0) is 18.9. The molecule has 0 fully saturated rings. The summed E-state index contributed by atoms with van der Waals surface area (Å²) in [6, 6.07) is 11.6. The van der Waals surface area contributed by atoms with Gasteiger partial charge in [-0.15, -0.1) is 0 Å². The molecular formula is C19H20N2O5. The lowest BCUT2D eigenvalue weighted by atomic mass is 10.2. The molecule has 0 bridgehead atoms. The molecule has 2 aromatic carbocycles. The van der Waals surface area contributed by atoms with Crippen molar-refractivity contribution in [1.82, 2.24) is 0 Å². The van der Waals surface area contributed by atoms with E-state index in [1.165, 1.54) is 24.3 Å². The van der Waals surface area contributed by atoms with Crippen molar-refractivity contribution in [3.63, 3.8) is 0 Å². The molecule has 4 N–H and O–H groups in total. The molecule has 7 nitrogen and oxygen atoms in total. The van der Waals surface area contributed by atoms with Gasteiger partial charge in [-0.25, -0.2) is 9.59 Å². The Hall–Kier alpha value is -3.48. The number of carbonyl (C=O) groups excluding carboxylic acids is 2. The van der Waals surface area contributed by atoms with Gasteiger partial charge in [-0.3, -0.25) is 0 Å². The normalized spacial score (nSPS) is 10.5. The molecule has 0 aliphatic heterocycles. The molecule has 0 saturated carbocycles. The molecule has 7 heteroatoms. The number of hydrogen-bond donors (Lipinski definition) is 2. The van der Waals surface area contributed by atoms with E-state index in [2.05, 4.69) is 0 Å². The first-order valence-corrected chi connectivity index (χ1v) is 7.80. The number of methoxy groups -OCH3 is 1. The maximum Gasteiger partial charge on any atom is 0.338 e. The number of esters is 2. The third-order valence-corrected chi connectivity index (χ3v) is 3.30. The van der Waals surface area contributed by atoms with E-state index in [1.54, 1.807) is 25.3 Å². The van der Waals surface area contributed by atoms with Gasteiger partial charge in [0.25, 0.3) is 0 Å². The summed E-state index contributed by atoms with van der Waals surface area (Å²) in [5.74, 6) is -0.396. The molecule has 0 unspecified atom stereocenters. The summed E-state index contributed by atoms with van der Waals surface area (Å²) >= 11 is 0. The highest BCUT2D eigenvalue weighted by atomic mass is 16.6. The van der Waals surface area contributed by atoms with Gasteiger partial charge in [-0.1, -0.05) is 12.1 Å². The minimum absolute atomic E-state index is 0.0602. The zero-order valence-electron chi connectivity index (χ0n) is 14.3. The minimum atomic E-state index is -0.589. The average molecular weight is 356 g/mol. The molecule has 0 amide bonds. The number of benzene rings is 2. The summed E-state index contributed by atoms with van der Waals surface area (Å²) < 4.78 is 15.0. The molecule has 0 aliphatic carbocycles. The Balaban J connectivity index is 1.73. The second-order valence-corrected chi connectivity index (χ2v) is 5.30. The average Bonchev–Trinajstić information content (AvgIpc) is 2.63. The second-order valence-electron chi connectivity index (χ2n) is 5.30. The van der Waals surface area contributed by atoms with Gasteiger partial charge in [0.05, 0.1) is 12.7 Å². The lowest BCUT2D eigenvalue weighted by Crippen LogP contribution is -2.13. The first kappa shape index (κ1) is 18.9. The van der Waals surface area contributed by atoms with Crippen LogP contribution in [0.1, 0.15) is 15.9 Å². The monoisotopic (exact) mass is 356 g/mol. The molecule has 26 heavy (non-hydrogen) atoms. The van der Waals surface area contributed by atoms with E-state index in [0.29, 0.717) is 11.4 Å². The van der Waals surface area contributed by atoms with Crippen molar-refractivity contribution >= 4 is 29.4 Å². The maximum absolute atomic E-state index is 11.9. The molecule has 0 heterocycles. The molecule has 2 rings (SSSR count). The molecular weight excluding hydrogens is 336 g/mol. The van der Waals surface area contributed by atoms with Crippen molar-refractivity contribution in [1.29, 1.82) is 0 Å². The summed E-state index contributed by atoms with van der Waals surface area (Å²) in [7, 11) is 1.58. The van der Waals surface area contributed by atoms with E-state index in [0.717, 1.165) is 11.3 Å².